The summed E-state index contributed by atoms with van der Waals surface area (Å²) < 4.78 is 13.8. The van der Waals surface area contributed by atoms with E-state index in [4.69, 9.17) is 11.6 Å². The number of rotatable bonds is 2. The minimum absolute atomic E-state index is 0.0840. The molecule has 7 heteroatoms. The van der Waals surface area contributed by atoms with E-state index in [0.717, 1.165) is 22.9 Å². The van der Waals surface area contributed by atoms with E-state index >= 15 is 0 Å². The zero-order valence-electron chi connectivity index (χ0n) is 9.74. The Kier molecular flexibility index (Phi) is 3.35. The second kappa shape index (κ2) is 4.81. The summed E-state index contributed by atoms with van der Waals surface area (Å²) in [7, 11) is 0. The fourth-order valence-electron chi connectivity index (χ4n) is 1.58. The Morgan fingerprint density at radius 2 is 2.05 bits per heavy atom. The van der Waals surface area contributed by atoms with Crippen LogP contribution in [0.2, 0.25) is 5.02 Å². The summed E-state index contributed by atoms with van der Waals surface area (Å²) in [6.07, 6.45) is 1.05. The summed E-state index contributed by atoms with van der Waals surface area (Å²) in [5, 5.41) is -0.225. The molecule has 1 heterocycles. The molecule has 0 atom stereocenters. The highest BCUT2D eigenvalue weighted by atomic mass is 35.5. The number of benzene rings is 1. The number of hydrogen-bond donors (Lipinski definition) is 1. The number of carbonyl (C=O) groups is 1. The number of aromatic amines is 1. The largest absolute Gasteiger partial charge is 0.333 e. The van der Waals surface area contributed by atoms with Crippen LogP contribution in [0.5, 0.6) is 0 Å². The van der Waals surface area contributed by atoms with Crippen LogP contribution >= 0.6 is 11.6 Å². The lowest BCUT2D eigenvalue weighted by Gasteiger charge is -2.06. The molecule has 0 unspecified atom stereocenters. The Morgan fingerprint density at radius 3 is 2.63 bits per heavy atom. The zero-order chi connectivity index (χ0) is 14.2. The van der Waals surface area contributed by atoms with Gasteiger partial charge in [-0.1, -0.05) is 11.6 Å². The molecule has 1 aromatic heterocycles. The topological polar surface area (TPSA) is 71.9 Å². The number of nitrogens with zero attached hydrogens (tertiary/aromatic N) is 1. The van der Waals surface area contributed by atoms with Gasteiger partial charge < -0.3 is 4.98 Å². The lowest BCUT2D eigenvalue weighted by Crippen LogP contribution is -2.36. The summed E-state index contributed by atoms with van der Waals surface area (Å²) in [6, 6.07) is 3.39. The molecule has 0 saturated carbocycles. The highest BCUT2D eigenvalue weighted by Gasteiger charge is 2.13. The fraction of sp³-hybridized carbons (Fsp3) is 0.0833. The first-order chi connectivity index (χ1) is 8.91. The number of ketones is 1. The van der Waals surface area contributed by atoms with Crippen molar-refractivity contribution in [3.05, 3.63) is 61.6 Å². The Hall–Kier alpha value is -2.21. The van der Waals surface area contributed by atoms with Gasteiger partial charge in [0.15, 0.2) is 5.78 Å². The molecular weight excluding hydrogens is 275 g/mol. The number of hydrogen-bond acceptors (Lipinski definition) is 3. The van der Waals surface area contributed by atoms with E-state index in [2.05, 4.69) is 4.98 Å². The van der Waals surface area contributed by atoms with Gasteiger partial charge in [0.1, 0.15) is 5.82 Å². The molecule has 1 N–H and O–H groups in total. The van der Waals surface area contributed by atoms with E-state index in [9.17, 15) is 18.8 Å². The van der Waals surface area contributed by atoms with Crippen LogP contribution in [0.25, 0.3) is 5.69 Å². The van der Waals surface area contributed by atoms with Crippen LogP contribution in [-0.4, -0.2) is 15.3 Å². The van der Waals surface area contributed by atoms with Crippen molar-refractivity contribution in [3.8, 4) is 5.69 Å². The van der Waals surface area contributed by atoms with Crippen molar-refractivity contribution >= 4 is 17.4 Å². The molecule has 0 bridgehead atoms. The second-order valence-corrected chi connectivity index (χ2v) is 4.21. The first-order valence-corrected chi connectivity index (χ1v) is 5.60. The number of H-pyrrole nitrogens is 1. The average molecular weight is 283 g/mol. The Labute approximate surface area is 111 Å². The van der Waals surface area contributed by atoms with E-state index < -0.39 is 22.8 Å². The van der Waals surface area contributed by atoms with Crippen LogP contribution in [0, 0.1) is 5.82 Å². The molecule has 0 radical (unpaired) electrons. The van der Waals surface area contributed by atoms with E-state index in [1.54, 1.807) is 0 Å². The molecule has 98 valence electrons. The minimum atomic E-state index is -0.779. The third-order valence-electron chi connectivity index (χ3n) is 2.52. The van der Waals surface area contributed by atoms with Gasteiger partial charge in [0.2, 0.25) is 0 Å². The SMILES string of the molecule is CC(=O)c1c[nH]c(=O)n(-c2ccc(F)c(Cl)c2)c1=O. The van der Waals surface area contributed by atoms with Crippen molar-refractivity contribution in [2.75, 3.05) is 0 Å². The monoisotopic (exact) mass is 282 g/mol. The quantitative estimate of drug-likeness (QED) is 0.849. The van der Waals surface area contributed by atoms with Crippen LogP contribution in [0.15, 0.2) is 34.0 Å². The molecule has 1 aromatic carbocycles. The molecule has 2 rings (SSSR count). The third-order valence-corrected chi connectivity index (χ3v) is 2.81. The maximum absolute atomic E-state index is 13.1. The molecule has 0 aliphatic rings. The van der Waals surface area contributed by atoms with Crippen molar-refractivity contribution in [1.82, 2.24) is 9.55 Å². The third kappa shape index (κ3) is 2.34. The average Bonchev–Trinajstić information content (AvgIpc) is 2.33. The standard InChI is InChI=1S/C12H8ClFN2O3/c1-6(17)8-5-15-12(19)16(11(8)18)7-2-3-10(14)9(13)4-7/h2-5H,1H3,(H,15,19). The lowest BCUT2D eigenvalue weighted by molar-refractivity contribution is 0.101. The molecule has 0 saturated heterocycles. The van der Waals surface area contributed by atoms with Gasteiger partial charge in [-0.25, -0.2) is 13.8 Å². The molecule has 0 amide bonds. The van der Waals surface area contributed by atoms with Gasteiger partial charge in [-0.05, 0) is 25.1 Å². The molecule has 2 aromatic rings. The maximum Gasteiger partial charge on any atom is 0.333 e. The van der Waals surface area contributed by atoms with Crippen molar-refractivity contribution < 1.29 is 9.18 Å². The first-order valence-electron chi connectivity index (χ1n) is 5.23. The molecule has 19 heavy (non-hydrogen) atoms. The van der Waals surface area contributed by atoms with E-state index in [-0.39, 0.29) is 16.3 Å². The summed E-state index contributed by atoms with van der Waals surface area (Å²) in [5.74, 6) is -1.15. The molecule has 0 aliphatic carbocycles. The molecule has 0 spiro atoms. The van der Waals surface area contributed by atoms with Crippen LogP contribution in [0.4, 0.5) is 4.39 Å². The van der Waals surface area contributed by atoms with Gasteiger partial charge in [-0.2, -0.15) is 0 Å². The summed E-state index contributed by atoms with van der Waals surface area (Å²) >= 11 is 5.60. The van der Waals surface area contributed by atoms with Crippen LogP contribution < -0.4 is 11.2 Å². The van der Waals surface area contributed by atoms with Gasteiger partial charge in [0, 0.05) is 6.20 Å². The predicted octanol–water partition coefficient (Wildman–Crippen LogP) is 1.52. The van der Waals surface area contributed by atoms with Crippen LogP contribution in [0.1, 0.15) is 17.3 Å². The van der Waals surface area contributed by atoms with Crippen LogP contribution in [-0.2, 0) is 0 Å². The number of aromatic nitrogens is 2. The normalized spacial score (nSPS) is 10.5. The zero-order valence-corrected chi connectivity index (χ0v) is 10.5. The Morgan fingerprint density at radius 1 is 1.37 bits per heavy atom. The highest BCUT2D eigenvalue weighted by Crippen LogP contribution is 2.17. The van der Waals surface area contributed by atoms with Crippen LogP contribution in [0.3, 0.4) is 0 Å². The molecular formula is C12H8ClFN2O3. The first kappa shape index (κ1) is 13.2. The van der Waals surface area contributed by atoms with E-state index in [1.165, 1.54) is 13.0 Å². The number of Topliss-reactive ketones (excluding diaryl/α,β-unsaturated/α-hetero) is 1. The Bertz CT molecular complexity index is 779. The number of carbonyl (C=O) groups excluding carboxylic acids is 1. The van der Waals surface area contributed by atoms with Crippen molar-refractivity contribution in [2.24, 2.45) is 0 Å². The van der Waals surface area contributed by atoms with Gasteiger partial charge in [-0.3, -0.25) is 9.59 Å². The molecule has 0 fully saturated rings. The Balaban J connectivity index is 2.78. The summed E-state index contributed by atoms with van der Waals surface area (Å²) in [6.45, 7) is 1.21. The van der Waals surface area contributed by atoms with Gasteiger partial charge >= 0.3 is 5.69 Å². The van der Waals surface area contributed by atoms with Crippen molar-refractivity contribution in [2.45, 2.75) is 6.92 Å². The predicted molar refractivity (Wildman–Crippen MR) is 67.6 cm³/mol. The van der Waals surface area contributed by atoms with E-state index in [0.29, 0.717) is 0 Å². The fourth-order valence-corrected chi connectivity index (χ4v) is 1.76. The van der Waals surface area contributed by atoms with Gasteiger partial charge in [0.05, 0.1) is 16.3 Å². The van der Waals surface area contributed by atoms with E-state index in [1.807, 2.05) is 0 Å². The highest BCUT2D eigenvalue weighted by molar-refractivity contribution is 6.30. The smallest absolute Gasteiger partial charge is 0.313 e. The number of nitrogens with one attached hydrogen (secondary N) is 1. The summed E-state index contributed by atoms with van der Waals surface area (Å²) in [5.41, 5.74) is -1.60. The van der Waals surface area contributed by atoms with Crippen molar-refractivity contribution in [1.29, 1.82) is 0 Å². The second-order valence-electron chi connectivity index (χ2n) is 3.80. The van der Waals surface area contributed by atoms with Gasteiger partial charge in [-0.15, -0.1) is 0 Å². The molecule has 0 aliphatic heterocycles. The van der Waals surface area contributed by atoms with Crippen molar-refractivity contribution in [3.63, 3.8) is 0 Å². The molecule has 5 nitrogen and oxygen atoms in total. The summed E-state index contributed by atoms with van der Waals surface area (Å²) in [4.78, 5) is 37.2. The maximum atomic E-state index is 13.1. The van der Waals surface area contributed by atoms with Gasteiger partial charge in [0.25, 0.3) is 5.56 Å². The minimum Gasteiger partial charge on any atom is -0.313 e. The lowest BCUT2D eigenvalue weighted by atomic mass is 10.2. The number of halogens is 2.